The fourth-order valence-corrected chi connectivity index (χ4v) is 1.93. The van der Waals surface area contributed by atoms with Crippen LogP contribution in [0.5, 0.6) is 0 Å². The topological polar surface area (TPSA) is 71.1 Å². The molecule has 2 N–H and O–H groups in total. The lowest BCUT2D eigenvalue weighted by atomic mass is 10.2. The summed E-state index contributed by atoms with van der Waals surface area (Å²) in [6.45, 7) is 0. The predicted octanol–water partition coefficient (Wildman–Crippen LogP) is 2.68. The van der Waals surface area contributed by atoms with E-state index < -0.39 is 0 Å². The SMILES string of the molecule is O=C(Nc1ccc(NC(=O)C2CC2)cc1)c1cccnc1. The van der Waals surface area contributed by atoms with Crippen LogP contribution < -0.4 is 10.6 Å². The maximum absolute atomic E-state index is 12.0. The molecule has 1 heterocycles. The molecular formula is C16H15N3O2. The Labute approximate surface area is 122 Å². The maximum atomic E-state index is 12.0. The Morgan fingerprint density at radius 1 is 1.00 bits per heavy atom. The Balaban J connectivity index is 1.61. The molecular weight excluding hydrogens is 266 g/mol. The summed E-state index contributed by atoms with van der Waals surface area (Å²) in [7, 11) is 0. The van der Waals surface area contributed by atoms with Crippen LogP contribution in [-0.4, -0.2) is 16.8 Å². The molecule has 0 spiro atoms. The van der Waals surface area contributed by atoms with Crippen LogP contribution in [0.15, 0.2) is 48.8 Å². The van der Waals surface area contributed by atoms with E-state index in [1.165, 1.54) is 6.20 Å². The zero-order valence-corrected chi connectivity index (χ0v) is 11.4. The third-order valence-electron chi connectivity index (χ3n) is 3.28. The Morgan fingerprint density at radius 2 is 1.67 bits per heavy atom. The lowest BCUT2D eigenvalue weighted by molar-refractivity contribution is -0.117. The summed E-state index contributed by atoms with van der Waals surface area (Å²) in [5.41, 5.74) is 1.92. The van der Waals surface area contributed by atoms with Crippen molar-refractivity contribution < 1.29 is 9.59 Å². The van der Waals surface area contributed by atoms with Crippen LogP contribution in [0.3, 0.4) is 0 Å². The van der Waals surface area contributed by atoms with E-state index in [4.69, 9.17) is 0 Å². The number of carbonyl (C=O) groups excluding carboxylic acids is 2. The summed E-state index contributed by atoms with van der Waals surface area (Å²) in [6, 6.07) is 10.5. The van der Waals surface area contributed by atoms with E-state index in [2.05, 4.69) is 15.6 Å². The van der Waals surface area contributed by atoms with Crippen molar-refractivity contribution in [2.75, 3.05) is 10.6 Å². The molecule has 3 rings (SSSR count). The van der Waals surface area contributed by atoms with Crippen LogP contribution in [0, 0.1) is 5.92 Å². The zero-order valence-electron chi connectivity index (χ0n) is 11.4. The highest BCUT2D eigenvalue weighted by atomic mass is 16.2. The first-order valence-electron chi connectivity index (χ1n) is 6.85. The van der Waals surface area contributed by atoms with E-state index in [-0.39, 0.29) is 17.7 Å². The lowest BCUT2D eigenvalue weighted by Gasteiger charge is -2.07. The smallest absolute Gasteiger partial charge is 0.257 e. The first-order chi connectivity index (χ1) is 10.2. The fourth-order valence-electron chi connectivity index (χ4n) is 1.93. The van der Waals surface area contributed by atoms with Gasteiger partial charge in [-0.25, -0.2) is 0 Å². The number of aromatic nitrogens is 1. The molecule has 2 amide bonds. The van der Waals surface area contributed by atoms with Gasteiger partial charge in [-0.15, -0.1) is 0 Å². The van der Waals surface area contributed by atoms with Crippen molar-refractivity contribution in [3.63, 3.8) is 0 Å². The van der Waals surface area contributed by atoms with Crippen LogP contribution in [0.1, 0.15) is 23.2 Å². The second kappa shape index (κ2) is 5.75. The van der Waals surface area contributed by atoms with Gasteiger partial charge in [0.15, 0.2) is 0 Å². The Morgan fingerprint density at radius 3 is 2.24 bits per heavy atom. The highest BCUT2D eigenvalue weighted by Crippen LogP contribution is 2.30. The van der Waals surface area contributed by atoms with Gasteiger partial charge in [0.25, 0.3) is 5.91 Å². The van der Waals surface area contributed by atoms with Gasteiger partial charge in [-0.3, -0.25) is 14.6 Å². The number of amides is 2. The average molecular weight is 281 g/mol. The van der Waals surface area contributed by atoms with Crippen LogP contribution >= 0.6 is 0 Å². The number of pyridine rings is 1. The first kappa shape index (κ1) is 13.3. The fraction of sp³-hybridized carbons (Fsp3) is 0.188. The van der Waals surface area contributed by atoms with Gasteiger partial charge in [0.05, 0.1) is 5.56 Å². The van der Waals surface area contributed by atoms with Crippen molar-refractivity contribution in [3.8, 4) is 0 Å². The summed E-state index contributed by atoms with van der Waals surface area (Å²) in [5.74, 6) is 0.0370. The molecule has 106 valence electrons. The normalized spacial score (nSPS) is 13.5. The van der Waals surface area contributed by atoms with E-state index >= 15 is 0 Å². The van der Waals surface area contributed by atoms with Crippen LogP contribution in [-0.2, 0) is 4.79 Å². The largest absolute Gasteiger partial charge is 0.326 e. The predicted molar refractivity (Wildman–Crippen MR) is 80.0 cm³/mol. The number of hydrogen-bond donors (Lipinski definition) is 2. The second-order valence-corrected chi connectivity index (χ2v) is 5.04. The standard InChI is InChI=1S/C16H15N3O2/c20-15(11-3-4-11)18-13-5-7-14(8-6-13)19-16(21)12-2-1-9-17-10-12/h1-2,5-11H,3-4H2,(H,18,20)(H,19,21). The number of anilines is 2. The molecule has 1 saturated carbocycles. The van der Waals surface area contributed by atoms with E-state index in [0.29, 0.717) is 11.3 Å². The molecule has 1 aromatic heterocycles. The van der Waals surface area contributed by atoms with Crippen LogP contribution in [0.4, 0.5) is 11.4 Å². The minimum atomic E-state index is -0.210. The number of carbonyl (C=O) groups is 2. The van der Waals surface area contributed by atoms with Gasteiger partial charge >= 0.3 is 0 Å². The highest BCUT2D eigenvalue weighted by molar-refractivity contribution is 6.04. The molecule has 5 heteroatoms. The van der Waals surface area contributed by atoms with Crippen LogP contribution in [0.25, 0.3) is 0 Å². The van der Waals surface area contributed by atoms with E-state index in [1.54, 1.807) is 42.6 Å². The summed E-state index contributed by atoms with van der Waals surface area (Å²) in [4.78, 5) is 27.5. The number of nitrogens with zero attached hydrogens (tertiary/aromatic N) is 1. The van der Waals surface area contributed by atoms with Crippen molar-refractivity contribution >= 4 is 23.2 Å². The van der Waals surface area contributed by atoms with Gasteiger partial charge in [0, 0.05) is 29.7 Å². The molecule has 0 bridgehead atoms. The van der Waals surface area contributed by atoms with Crippen molar-refractivity contribution in [2.45, 2.75) is 12.8 Å². The summed E-state index contributed by atoms with van der Waals surface area (Å²) >= 11 is 0. The molecule has 0 unspecified atom stereocenters. The molecule has 1 fully saturated rings. The summed E-state index contributed by atoms with van der Waals surface area (Å²) in [6.07, 6.45) is 5.09. The molecule has 21 heavy (non-hydrogen) atoms. The maximum Gasteiger partial charge on any atom is 0.257 e. The highest BCUT2D eigenvalue weighted by Gasteiger charge is 2.29. The van der Waals surface area contributed by atoms with Crippen molar-refractivity contribution in [1.82, 2.24) is 4.98 Å². The van der Waals surface area contributed by atoms with Gasteiger partial charge < -0.3 is 10.6 Å². The van der Waals surface area contributed by atoms with Gasteiger partial charge in [-0.1, -0.05) is 0 Å². The quantitative estimate of drug-likeness (QED) is 0.905. The van der Waals surface area contributed by atoms with E-state index in [9.17, 15) is 9.59 Å². The van der Waals surface area contributed by atoms with Gasteiger partial charge in [0.2, 0.25) is 5.91 Å². The molecule has 0 saturated heterocycles. The number of nitrogens with one attached hydrogen (secondary N) is 2. The minimum Gasteiger partial charge on any atom is -0.326 e. The third kappa shape index (κ3) is 3.45. The summed E-state index contributed by atoms with van der Waals surface area (Å²) < 4.78 is 0. The molecule has 0 atom stereocenters. The number of benzene rings is 1. The monoisotopic (exact) mass is 281 g/mol. The van der Waals surface area contributed by atoms with E-state index in [0.717, 1.165) is 18.5 Å². The zero-order chi connectivity index (χ0) is 14.7. The first-order valence-corrected chi connectivity index (χ1v) is 6.85. The van der Waals surface area contributed by atoms with Crippen LogP contribution in [0.2, 0.25) is 0 Å². The molecule has 1 aliphatic carbocycles. The average Bonchev–Trinajstić information content (AvgIpc) is 3.35. The minimum absolute atomic E-state index is 0.0714. The molecule has 5 nitrogen and oxygen atoms in total. The number of hydrogen-bond acceptors (Lipinski definition) is 3. The van der Waals surface area contributed by atoms with Crippen molar-refractivity contribution in [2.24, 2.45) is 5.92 Å². The van der Waals surface area contributed by atoms with Crippen molar-refractivity contribution in [1.29, 1.82) is 0 Å². The molecule has 0 aliphatic heterocycles. The van der Waals surface area contributed by atoms with Gasteiger partial charge in [0.1, 0.15) is 0 Å². The Hall–Kier alpha value is -2.69. The number of rotatable bonds is 4. The van der Waals surface area contributed by atoms with Crippen molar-refractivity contribution in [3.05, 3.63) is 54.4 Å². The second-order valence-electron chi connectivity index (χ2n) is 5.04. The van der Waals surface area contributed by atoms with Gasteiger partial charge in [-0.05, 0) is 49.2 Å². The lowest BCUT2D eigenvalue weighted by Crippen LogP contribution is -2.14. The molecule has 0 radical (unpaired) electrons. The Bertz CT molecular complexity index is 649. The van der Waals surface area contributed by atoms with E-state index in [1.807, 2.05) is 0 Å². The molecule has 2 aromatic rings. The van der Waals surface area contributed by atoms with Gasteiger partial charge in [-0.2, -0.15) is 0 Å². The molecule has 1 aliphatic rings. The summed E-state index contributed by atoms with van der Waals surface area (Å²) in [5, 5.41) is 5.64. The third-order valence-corrected chi connectivity index (χ3v) is 3.28. The molecule has 1 aromatic carbocycles. The Kier molecular flexibility index (Phi) is 3.64.